The topological polar surface area (TPSA) is 55.6 Å². The van der Waals surface area contributed by atoms with Crippen molar-refractivity contribution in [2.24, 2.45) is 5.73 Å². The van der Waals surface area contributed by atoms with Gasteiger partial charge in [-0.15, -0.1) is 0 Å². The monoisotopic (exact) mass is 306 g/mol. The minimum absolute atomic E-state index is 0.318. The predicted molar refractivity (Wildman–Crippen MR) is 90.5 cm³/mol. The number of carbonyl (C=O) groups excluding carboxylic acids is 1. The summed E-state index contributed by atoms with van der Waals surface area (Å²) in [5.41, 5.74) is 7.00. The van der Waals surface area contributed by atoms with Gasteiger partial charge in [0.05, 0.1) is 0 Å². The summed E-state index contributed by atoms with van der Waals surface area (Å²) >= 11 is 0. The Morgan fingerprint density at radius 1 is 1.14 bits per heavy atom. The van der Waals surface area contributed by atoms with E-state index in [4.69, 9.17) is 10.5 Å². The Balaban J connectivity index is 2.37. The van der Waals surface area contributed by atoms with Crippen LogP contribution in [0.15, 0.2) is 30.3 Å². The van der Waals surface area contributed by atoms with Gasteiger partial charge in [0.1, 0.15) is 12.8 Å². The zero-order chi connectivity index (χ0) is 16.2. The van der Waals surface area contributed by atoms with E-state index in [1.807, 2.05) is 30.3 Å². The summed E-state index contributed by atoms with van der Waals surface area (Å²) in [6, 6.07) is 9.20. The Labute approximate surface area is 134 Å². The van der Waals surface area contributed by atoms with E-state index in [0.717, 1.165) is 44.3 Å². The fourth-order valence-corrected chi connectivity index (χ4v) is 2.22. The van der Waals surface area contributed by atoms with Crippen LogP contribution >= 0.6 is 0 Å². The van der Waals surface area contributed by atoms with Crippen molar-refractivity contribution < 1.29 is 9.53 Å². The Hall–Kier alpha value is -1.39. The third-order valence-corrected chi connectivity index (χ3v) is 3.65. The summed E-state index contributed by atoms with van der Waals surface area (Å²) in [6.07, 6.45) is 5.05. The normalized spacial score (nSPS) is 12.4. The number of esters is 1. The number of carbonyl (C=O) groups is 1. The maximum Gasteiger partial charge on any atom is 0.324 e. The van der Waals surface area contributed by atoms with Crippen LogP contribution in [0.3, 0.4) is 0 Å². The minimum Gasteiger partial charge on any atom is -0.448 e. The van der Waals surface area contributed by atoms with Gasteiger partial charge in [0.2, 0.25) is 0 Å². The zero-order valence-electron chi connectivity index (χ0n) is 14.0. The van der Waals surface area contributed by atoms with Gasteiger partial charge in [-0.3, -0.25) is 9.69 Å². The number of unbranched alkanes of at least 4 members (excludes halogenated alkanes) is 2. The summed E-state index contributed by atoms with van der Waals surface area (Å²) in [5.74, 6) is -0.318. The van der Waals surface area contributed by atoms with Crippen LogP contribution in [0.4, 0.5) is 0 Å². The molecule has 0 heterocycles. The molecule has 0 spiro atoms. The smallest absolute Gasteiger partial charge is 0.324 e. The average molecular weight is 306 g/mol. The standard InChI is InChI=1S/C18H30N2O2/c1-3-5-12-20(13-6-4-2)15-22-18(21)17(19)14-16-10-8-7-9-11-16/h7-11,17H,3-6,12-15,19H2,1-2H3/t17-/m0/s1. The number of ether oxygens (including phenoxy) is 1. The molecule has 0 aliphatic rings. The molecule has 0 radical (unpaired) electrons. The Bertz CT molecular complexity index is 401. The average Bonchev–Trinajstić information content (AvgIpc) is 2.54. The first-order valence-electron chi connectivity index (χ1n) is 8.35. The Morgan fingerprint density at radius 2 is 1.73 bits per heavy atom. The van der Waals surface area contributed by atoms with Crippen LogP contribution in [0.2, 0.25) is 0 Å². The zero-order valence-corrected chi connectivity index (χ0v) is 14.0. The summed E-state index contributed by atoms with van der Waals surface area (Å²) in [7, 11) is 0. The maximum absolute atomic E-state index is 12.0. The molecule has 0 unspecified atom stereocenters. The summed E-state index contributed by atoms with van der Waals surface area (Å²) < 4.78 is 5.39. The number of benzene rings is 1. The third-order valence-electron chi connectivity index (χ3n) is 3.65. The highest BCUT2D eigenvalue weighted by atomic mass is 16.5. The molecule has 22 heavy (non-hydrogen) atoms. The van der Waals surface area contributed by atoms with E-state index in [-0.39, 0.29) is 5.97 Å². The minimum atomic E-state index is -0.596. The van der Waals surface area contributed by atoms with Crippen molar-refractivity contribution in [3.8, 4) is 0 Å². The lowest BCUT2D eigenvalue weighted by Crippen LogP contribution is -2.38. The summed E-state index contributed by atoms with van der Waals surface area (Å²) in [6.45, 7) is 6.62. The lowest BCUT2D eigenvalue weighted by atomic mass is 10.1. The van der Waals surface area contributed by atoms with E-state index in [1.54, 1.807) is 0 Å². The number of nitrogens with zero attached hydrogens (tertiary/aromatic N) is 1. The summed E-state index contributed by atoms with van der Waals surface area (Å²) in [5, 5.41) is 0. The first-order valence-corrected chi connectivity index (χ1v) is 8.35. The molecule has 0 saturated carbocycles. The van der Waals surface area contributed by atoms with Crippen LogP contribution in [0.5, 0.6) is 0 Å². The molecule has 4 heteroatoms. The van der Waals surface area contributed by atoms with E-state index < -0.39 is 6.04 Å². The van der Waals surface area contributed by atoms with Gasteiger partial charge >= 0.3 is 5.97 Å². The van der Waals surface area contributed by atoms with Gasteiger partial charge in [0.25, 0.3) is 0 Å². The fourth-order valence-electron chi connectivity index (χ4n) is 2.22. The number of nitrogens with two attached hydrogens (primary N) is 1. The molecule has 0 saturated heterocycles. The van der Waals surface area contributed by atoms with Gasteiger partial charge in [-0.05, 0) is 24.8 Å². The molecular weight excluding hydrogens is 276 g/mol. The largest absolute Gasteiger partial charge is 0.448 e. The van der Waals surface area contributed by atoms with Gasteiger partial charge in [-0.25, -0.2) is 0 Å². The lowest BCUT2D eigenvalue weighted by molar-refractivity contribution is -0.150. The van der Waals surface area contributed by atoms with Crippen LogP contribution in [-0.2, 0) is 16.0 Å². The molecule has 124 valence electrons. The number of hydrogen-bond donors (Lipinski definition) is 1. The van der Waals surface area contributed by atoms with Crippen molar-refractivity contribution in [3.05, 3.63) is 35.9 Å². The van der Waals surface area contributed by atoms with Crippen LogP contribution in [0.1, 0.15) is 45.1 Å². The summed E-state index contributed by atoms with van der Waals surface area (Å²) in [4.78, 5) is 14.2. The highest BCUT2D eigenvalue weighted by Gasteiger charge is 2.16. The van der Waals surface area contributed by atoms with E-state index in [2.05, 4.69) is 18.7 Å². The maximum atomic E-state index is 12.0. The molecule has 4 nitrogen and oxygen atoms in total. The molecule has 0 aromatic heterocycles. The van der Waals surface area contributed by atoms with Gasteiger partial charge in [0.15, 0.2) is 0 Å². The van der Waals surface area contributed by atoms with Gasteiger partial charge < -0.3 is 10.5 Å². The van der Waals surface area contributed by atoms with Crippen LogP contribution < -0.4 is 5.73 Å². The van der Waals surface area contributed by atoms with Crippen molar-refractivity contribution in [2.45, 2.75) is 52.0 Å². The molecule has 0 amide bonds. The first-order chi connectivity index (χ1) is 10.7. The molecule has 1 aromatic rings. The SMILES string of the molecule is CCCCN(CCCC)COC(=O)[C@@H](N)Cc1ccccc1. The Morgan fingerprint density at radius 3 is 2.27 bits per heavy atom. The molecular formula is C18H30N2O2. The fraction of sp³-hybridized carbons (Fsp3) is 0.611. The van der Waals surface area contributed by atoms with Gasteiger partial charge in [0, 0.05) is 13.1 Å². The second-order valence-corrected chi connectivity index (χ2v) is 5.71. The molecule has 0 aliphatic heterocycles. The second kappa shape index (κ2) is 11.2. The highest BCUT2D eigenvalue weighted by Crippen LogP contribution is 2.04. The van der Waals surface area contributed by atoms with E-state index in [0.29, 0.717) is 13.2 Å². The van der Waals surface area contributed by atoms with Crippen molar-refractivity contribution in [1.82, 2.24) is 4.90 Å². The van der Waals surface area contributed by atoms with E-state index in [9.17, 15) is 4.79 Å². The van der Waals surface area contributed by atoms with Gasteiger partial charge in [-0.2, -0.15) is 0 Å². The molecule has 1 atom stereocenters. The highest BCUT2D eigenvalue weighted by molar-refractivity contribution is 5.75. The van der Waals surface area contributed by atoms with Crippen LogP contribution in [-0.4, -0.2) is 36.7 Å². The number of hydrogen-bond acceptors (Lipinski definition) is 4. The van der Waals surface area contributed by atoms with E-state index >= 15 is 0 Å². The van der Waals surface area contributed by atoms with Crippen LogP contribution in [0.25, 0.3) is 0 Å². The van der Waals surface area contributed by atoms with E-state index in [1.165, 1.54) is 0 Å². The van der Waals surface area contributed by atoms with Crippen LogP contribution in [0, 0.1) is 0 Å². The quantitative estimate of drug-likeness (QED) is 0.504. The molecule has 0 bridgehead atoms. The van der Waals surface area contributed by atoms with Crippen molar-refractivity contribution in [3.63, 3.8) is 0 Å². The van der Waals surface area contributed by atoms with Crippen molar-refractivity contribution in [1.29, 1.82) is 0 Å². The number of rotatable bonds is 11. The molecule has 1 rings (SSSR count). The molecule has 0 fully saturated rings. The Kier molecular flexibility index (Phi) is 9.51. The predicted octanol–water partition coefficient (Wildman–Crippen LogP) is 2.96. The van der Waals surface area contributed by atoms with Crippen molar-refractivity contribution >= 4 is 5.97 Å². The third kappa shape index (κ3) is 7.57. The molecule has 2 N–H and O–H groups in total. The lowest BCUT2D eigenvalue weighted by Gasteiger charge is -2.22. The first kappa shape index (κ1) is 18.7. The van der Waals surface area contributed by atoms with Gasteiger partial charge in [-0.1, -0.05) is 57.0 Å². The van der Waals surface area contributed by atoms with Crippen molar-refractivity contribution in [2.75, 3.05) is 19.8 Å². The second-order valence-electron chi connectivity index (χ2n) is 5.71. The molecule has 1 aromatic carbocycles. The molecule has 0 aliphatic carbocycles.